The Morgan fingerprint density at radius 1 is 1.05 bits per heavy atom. The lowest BCUT2D eigenvalue weighted by Gasteiger charge is -2.28. The van der Waals surface area contributed by atoms with Gasteiger partial charge in [0.25, 0.3) is 0 Å². The second-order valence-corrected chi connectivity index (χ2v) is 5.42. The molecule has 106 valence electrons. The van der Waals surface area contributed by atoms with Gasteiger partial charge >= 0.3 is 0 Å². The maximum Gasteiger partial charge on any atom is 0.231 e. The molecular weight excluding hydrogens is 266 g/mol. The Morgan fingerprint density at radius 3 is 2.57 bits per heavy atom. The predicted octanol–water partition coefficient (Wildman–Crippen LogP) is 2.83. The molecule has 0 bridgehead atoms. The van der Waals surface area contributed by atoms with Gasteiger partial charge in [-0.3, -0.25) is 0 Å². The van der Waals surface area contributed by atoms with Gasteiger partial charge in [-0.05, 0) is 31.4 Å². The number of nitriles is 1. The Balaban J connectivity index is 1.86. The molecule has 0 amide bonds. The maximum absolute atomic E-state index is 9.43. The van der Waals surface area contributed by atoms with E-state index in [9.17, 15) is 5.26 Å². The minimum Gasteiger partial charge on any atom is -0.454 e. The first-order valence-corrected chi connectivity index (χ1v) is 7.24. The van der Waals surface area contributed by atoms with Crippen molar-refractivity contribution < 1.29 is 9.47 Å². The van der Waals surface area contributed by atoms with Crippen LogP contribution in [0, 0.1) is 11.3 Å². The molecule has 0 unspecified atom stereocenters. The first kappa shape index (κ1) is 12.3. The first-order chi connectivity index (χ1) is 10.3. The summed E-state index contributed by atoms with van der Waals surface area (Å²) >= 11 is 0. The quantitative estimate of drug-likeness (QED) is 0.804. The van der Waals surface area contributed by atoms with E-state index in [2.05, 4.69) is 11.0 Å². The van der Waals surface area contributed by atoms with Crippen LogP contribution in [0.2, 0.25) is 0 Å². The van der Waals surface area contributed by atoms with E-state index in [0.29, 0.717) is 5.56 Å². The Morgan fingerprint density at radius 2 is 1.81 bits per heavy atom. The predicted molar refractivity (Wildman–Crippen MR) is 78.6 cm³/mol. The normalized spacial score (nSPS) is 17.0. The third-order valence-corrected chi connectivity index (χ3v) is 4.07. The van der Waals surface area contributed by atoms with Crippen LogP contribution in [0.3, 0.4) is 0 Å². The van der Waals surface area contributed by atoms with Gasteiger partial charge in [0.05, 0.1) is 11.1 Å². The van der Waals surface area contributed by atoms with Gasteiger partial charge in [0.1, 0.15) is 11.9 Å². The fraction of sp³-hybridized carbons (Fsp3) is 0.375. The van der Waals surface area contributed by atoms with Crippen LogP contribution in [0.4, 0.5) is 5.82 Å². The van der Waals surface area contributed by atoms with Crippen LogP contribution in [0.15, 0.2) is 18.2 Å². The van der Waals surface area contributed by atoms with Crippen LogP contribution >= 0.6 is 0 Å². The van der Waals surface area contributed by atoms with E-state index in [1.165, 1.54) is 6.42 Å². The highest BCUT2D eigenvalue weighted by atomic mass is 16.7. The number of piperidine rings is 1. The number of fused-ring (bicyclic) bond motifs is 2. The summed E-state index contributed by atoms with van der Waals surface area (Å²) in [7, 11) is 0. The van der Waals surface area contributed by atoms with Gasteiger partial charge < -0.3 is 14.4 Å². The minimum absolute atomic E-state index is 0.246. The Labute approximate surface area is 122 Å². The van der Waals surface area contributed by atoms with Crippen LogP contribution in [-0.4, -0.2) is 24.9 Å². The molecule has 4 rings (SSSR count). The summed E-state index contributed by atoms with van der Waals surface area (Å²) in [5.74, 6) is 2.24. The zero-order valence-corrected chi connectivity index (χ0v) is 11.6. The van der Waals surface area contributed by atoms with E-state index in [1.807, 2.05) is 18.2 Å². The summed E-state index contributed by atoms with van der Waals surface area (Å²) in [5.41, 5.74) is 1.47. The van der Waals surface area contributed by atoms with E-state index in [4.69, 9.17) is 14.5 Å². The molecule has 21 heavy (non-hydrogen) atoms. The topological polar surface area (TPSA) is 58.4 Å². The van der Waals surface area contributed by atoms with Gasteiger partial charge in [-0.1, -0.05) is 0 Å². The van der Waals surface area contributed by atoms with Crippen molar-refractivity contribution in [3.05, 3.63) is 23.8 Å². The largest absolute Gasteiger partial charge is 0.454 e. The summed E-state index contributed by atoms with van der Waals surface area (Å²) in [6, 6.07) is 7.96. The van der Waals surface area contributed by atoms with Gasteiger partial charge in [-0.2, -0.15) is 5.26 Å². The molecule has 1 saturated heterocycles. The molecule has 0 N–H and O–H groups in total. The van der Waals surface area contributed by atoms with Gasteiger partial charge in [0, 0.05) is 24.5 Å². The number of pyridine rings is 1. The van der Waals surface area contributed by atoms with Gasteiger partial charge in [0.2, 0.25) is 6.79 Å². The number of benzene rings is 1. The van der Waals surface area contributed by atoms with E-state index in [1.54, 1.807) is 0 Å². The van der Waals surface area contributed by atoms with Crippen molar-refractivity contribution in [3.8, 4) is 17.6 Å². The molecule has 2 aromatic rings. The van der Waals surface area contributed by atoms with Crippen LogP contribution in [0.1, 0.15) is 24.8 Å². The zero-order chi connectivity index (χ0) is 14.2. The number of hydrogen-bond donors (Lipinski definition) is 0. The number of ether oxygens (including phenoxy) is 2. The Bertz CT molecular complexity index is 745. The summed E-state index contributed by atoms with van der Waals surface area (Å²) in [6.07, 6.45) is 3.57. The third-order valence-electron chi connectivity index (χ3n) is 4.07. The molecule has 3 heterocycles. The number of anilines is 1. The average Bonchev–Trinajstić information content (AvgIpc) is 2.99. The highest BCUT2D eigenvalue weighted by Crippen LogP contribution is 2.37. The molecule has 0 saturated carbocycles. The number of nitrogens with zero attached hydrogens (tertiary/aromatic N) is 3. The van der Waals surface area contributed by atoms with Gasteiger partial charge in [-0.25, -0.2) is 4.98 Å². The van der Waals surface area contributed by atoms with Crippen molar-refractivity contribution in [1.82, 2.24) is 4.98 Å². The smallest absolute Gasteiger partial charge is 0.231 e. The number of aromatic nitrogens is 1. The van der Waals surface area contributed by atoms with Crippen LogP contribution in [0.25, 0.3) is 10.9 Å². The summed E-state index contributed by atoms with van der Waals surface area (Å²) in [6.45, 7) is 2.19. The molecule has 2 aliphatic rings. The van der Waals surface area contributed by atoms with Crippen molar-refractivity contribution in [3.63, 3.8) is 0 Å². The zero-order valence-electron chi connectivity index (χ0n) is 11.6. The molecule has 5 nitrogen and oxygen atoms in total. The molecular formula is C16H15N3O2. The first-order valence-electron chi connectivity index (χ1n) is 7.24. The van der Waals surface area contributed by atoms with Crippen molar-refractivity contribution in [2.24, 2.45) is 0 Å². The lowest BCUT2D eigenvalue weighted by molar-refractivity contribution is 0.174. The number of hydrogen-bond acceptors (Lipinski definition) is 5. The monoisotopic (exact) mass is 281 g/mol. The molecule has 1 fully saturated rings. The standard InChI is InChI=1S/C16H15N3O2/c17-9-12-6-11-7-14-15(21-10-20-14)8-13(11)18-16(12)19-4-2-1-3-5-19/h6-8H,1-5,10H2. The van der Waals surface area contributed by atoms with Gasteiger partial charge in [0.15, 0.2) is 11.5 Å². The lowest BCUT2D eigenvalue weighted by atomic mass is 10.1. The van der Waals surface area contributed by atoms with Crippen LogP contribution in [-0.2, 0) is 0 Å². The second kappa shape index (κ2) is 4.81. The third kappa shape index (κ3) is 2.04. The molecule has 1 aromatic carbocycles. The summed E-state index contributed by atoms with van der Waals surface area (Å²) in [5, 5.41) is 10.3. The Kier molecular flexibility index (Phi) is 2.81. The average molecular weight is 281 g/mol. The van der Waals surface area contributed by atoms with Crippen molar-refractivity contribution in [2.75, 3.05) is 24.8 Å². The second-order valence-electron chi connectivity index (χ2n) is 5.42. The number of rotatable bonds is 1. The van der Waals surface area contributed by atoms with E-state index >= 15 is 0 Å². The van der Waals surface area contributed by atoms with Crippen LogP contribution in [0.5, 0.6) is 11.5 Å². The summed E-state index contributed by atoms with van der Waals surface area (Å²) < 4.78 is 10.8. The highest BCUT2D eigenvalue weighted by Gasteiger charge is 2.20. The lowest BCUT2D eigenvalue weighted by Crippen LogP contribution is -2.30. The van der Waals surface area contributed by atoms with Gasteiger partial charge in [-0.15, -0.1) is 0 Å². The van der Waals surface area contributed by atoms with E-state index in [0.717, 1.165) is 54.2 Å². The van der Waals surface area contributed by atoms with Crippen LogP contribution < -0.4 is 14.4 Å². The minimum atomic E-state index is 0.246. The van der Waals surface area contributed by atoms with E-state index < -0.39 is 0 Å². The molecule has 0 radical (unpaired) electrons. The molecule has 0 atom stereocenters. The van der Waals surface area contributed by atoms with Crippen molar-refractivity contribution in [1.29, 1.82) is 5.26 Å². The summed E-state index contributed by atoms with van der Waals surface area (Å²) in [4.78, 5) is 6.93. The molecule has 1 aromatic heterocycles. The fourth-order valence-corrected chi connectivity index (χ4v) is 2.98. The van der Waals surface area contributed by atoms with Crippen molar-refractivity contribution >= 4 is 16.7 Å². The SMILES string of the molecule is N#Cc1cc2cc3c(cc2nc1N1CCCCC1)OCO3. The van der Waals surface area contributed by atoms with Crippen molar-refractivity contribution in [2.45, 2.75) is 19.3 Å². The maximum atomic E-state index is 9.43. The molecule has 2 aliphatic heterocycles. The molecule has 0 spiro atoms. The Hall–Kier alpha value is -2.48. The highest BCUT2D eigenvalue weighted by molar-refractivity contribution is 5.86. The van der Waals surface area contributed by atoms with E-state index in [-0.39, 0.29) is 6.79 Å². The molecule has 5 heteroatoms. The molecule has 0 aliphatic carbocycles. The fourth-order valence-electron chi connectivity index (χ4n) is 2.98.